The summed E-state index contributed by atoms with van der Waals surface area (Å²) < 4.78 is 22.2. The molecule has 0 spiro atoms. The second-order valence-corrected chi connectivity index (χ2v) is 5.90. The van der Waals surface area contributed by atoms with E-state index in [2.05, 4.69) is 0 Å². The quantitative estimate of drug-likeness (QED) is 0.524. The van der Waals surface area contributed by atoms with Crippen molar-refractivity contribution in [2.24, 2.45) is 0 Å². The van der Waals surface area contributed by atoms with Crippen molar-refractivity contribution in [3.63, 3.8) is 0 Å². The van der Waals surface area contributed by atoms with Crippen LogP contribution in [0.1, 0.15) is 25.2 Å². The van der Waals surface area contributed by atoms with Crippen molar-refractivity contribution in [2.45, 2.75) is 27.4 Å². The first kappa shape index (κ1) is 19.4. The van der Waals surface area contributed by atoms with Crippen LogP contribution in [0.3, 0.4) is 0 Å². The highest BCUT2D eigenvalue weighted by Gasteiger charge is 2.22. The maximum atomic E-state index is 12.4. The molecule has 0 saturated heterocycles. The molecule has 0 saturated carbocycles. The van der Waals surface area contributed by atoms with E-state index in [4.69, 9.17) is 18.3 Å². The lowest BCUT2D eigenvalue weighted by atomic mass is 10.1. The summed E-state index contributed by atoms with van der Waals surface area (Å²) in [5.74, 6) is 1.28. The van der Waals surface area contributed by atoms with Crippen LogP contribution in [0, 0.1) is 6.92 Å². The van der Waals surface area contributed by atoms with Gasteiger partial charge >= 0.3 is 0 Å². The Bertz CT molecular complexity index is 1150. The Morgan fingerprint density at radius 3 is 2.46 bits per heavy atom. The number of ether oxygens (including phenoxy) is 2. The average Bonchev–Trinajstić information content (AvgIpc) is 3.19. The van der Waals surface area contributed by atoms with Crippen molar-refractivity contribution in [3.8, 4) is 17.2 Å². The number of hydrogen-bond acceptors (Lipinski definition) is 6. The molecule has 28 heavy (non-hydrogen) atoms. The summed E-state index contributed by atoms with van der Waals surface area (Å²) in [7, 11) is 1.60. The first-order valence-corrected chi connectivity index (χ1v) is 9.01. The third-order valence-electron chi connectivity index (χ3n) is 4.18. The van der Waals surface area contributed by atoms with Gasteiger partial charge in [-0.2, -0.15) is 0 Å². The molecule has 4 rings (SSSR count). The fraction of sp³-hybridized carbons (Fsp3) is 0.227. The van der Waals surface area contributed by atoms with E-state index in [1.807, 2.05) is 38.1 Å². The van der Waals surface area contributed by atoms with E-state index in [0.29, 0.717) is 16.7 Å². The van der Waals surface area contributed by atoms with Crippen molar-refractivity contribution in [2.75, 3.05) is 7.11 Å². The van der Waals surface area contributed by atoms with Crippen LogP contribution in [0.2, 0.25) is 0 Å². The molecule has 2 aromatic heterocycles. The summed E-state index contributed by atoms with van der Waals surface area (Å²) in [4.78, 5) is 12.4. The second-order valence-electron chi connectivity index (χ2n) is 5.90. The summed E-state index contributed by atoms with van der Waals surface area (Å²) >= 11 is 0. The van der Waals surface area contributed by atoms with Gasteiger partial charge in [0.15, 0.2) is 16.6 Å². The van der Waals surface area contributed by atoms with E-state index in [0.717, 1.165) is 11.3 Å². The maximum Gasteiger partial charge on any atom is 0.206 e. The molecule has 0 atom stereocenters. The Kier molecular flexibility index (Phi) is 5.59. The van der Waals surface area contributed by atoms with Gasteiger partial charge in [0, 0.05) is 6.07 Å². The fourth-order valence-corrected chi connectivity index (χ4v) is 2.91. The van der Waals surface area contributed by atoms with Gasteiger partial charge in [0.1, 0.15) is 29.3 Å². The van der Waals surface area contributed by atoms with Crippen molar-refractivity contribution in [1.82, 2.24) is 0 Å². The van der Waals surface area contributed by atoms with Crippen molar-refractivity contribution in [1.29, 1.82) is 0 Å². The first-order chi connectivity index (χ1) is 13.6. The number of phenolic OH excluding ortho intramolecular Hbond substituents is 1. The minimum atomic E-state index is -0.335. The molecule has 146 valence electrons. The van der Waals surface area contributed by atoms with Gasteiger partial charge in [-0.3, -0.25) is 4.79 Å². The molecule has 1 N–H and O–H groups in total. The molecule has 0 amide bonds. The highest BCUT2D eigenvalue weighted by molar-refractivity contribution is 6.06. The molecule has 4 aromatic rings. The Morgan fingerprint density at radius 1 is 1.07 bits per heavy atom. The van der Waals surface area contributed by atoms with Crippen LogP contribution in [-0.4, -0.2) is 12.2 Å². The number of aryl methyl sites for hydroxylation is 1. The molecule has 0 aliphatic carbocycles. The van der Waals surface area contributed by atoms with Gasteiger partial charge in [0.25, 0.3) is 0 Å². The first-order valence-electron chi connectivity index (χ1n) is 9.01. The highest BCUT2D eigenvalue weighted by atomic mass is 16.5. The lowest BCUT2D eigenvalue weighted by molar-refractivity contribution is 0.303. The molecular weight excluding hydrogens is 360 g/mol. The van der Waals surface area contributed by atoms with Crippen LogP contribution in [0.5, 0.6) is 17.2 Å². The summed E-state index contributed by atoms with van der Waals surface area (Å²) in [6.07, 6.45) is 1.43. The number of aromatic hydroxyl groups is 1. The summed E-state index contributed by atoms with van der Waals surface area (Å²) in [5.41, 5.74) is 1.07. The Labute approximate surface area is 161 Å². The van der Waals surface area contributed by atoms with Crippen LogP contribution in [0.25, 0.3) is 21.9 Å². The lowest BCUT2D eigenvalue weighted by Gasteiger charge is -2.11. The molecule has 2 heterocycles. The van der Waals surface area contributed by atoms with Gasteiger partial charge in [-0.15, -0.1) is 0 Å². The summed E-state index contributed by atoms with van der Waals surface area (Å²) in [6, 6.07) is 10.3. The molecule has 0 fully saturated rings. The normalized spacial score (nSPS) is 10.6. The zero-order valence-electron chi connectivity index (χ0n) is 16.2. The number of benzene rings is 2. The third kappa shape index (κ3) is 3.41. The van der Waals surface area contributed by atoms with Crippen molar-refractivity contribution >= 4 is 21.9 Å². The number of furan rings is 1. The average molecular weight is 382 g/mol. The largest absolute Gasteiger partial charge is 0.506 e. The Balaban J connectivity index is 0.00000109. The number of phenols is 1. The lowest BCUT2D eigenvalue weighted by Crippen LogP contribution is -2.03. The van der Waals surface area contributed by atoms with E-state index in [-0.39, 0.29) is 34.5 Å². The molecule has 6 nitrogen and oxygen atoms in total. The van der Waals surface area contributed by atoms with Crippen LogP contribution in [0.15, 0.2) is 56.3 Å². The SMILES string of the molecule is CC.COc1ccc(COc2c3occc3c(O)c3c(=O)cc(C)oc23)cc1. The molecule has 0 aliphatic heterocycles. The minimum absolute atomic E-state index is 0.0780. The summed E-state index contributed by atoms with van der Waals surface area (Å²) in [5, 5.41) is 10.9. The monoisotopic (exact) mass is 382 g/mol. The van der Waals surface area contributed by atoms with Crippen LogP contribution < -0.4 is 14.9 Å². The molecule has 0 unspecified atom stereocenters. The van der Waals surface area contributed by atoms with Crippen molar-refractivity contribution < 1.29 is 23.4 Å². The number of methoxy groups -OCH3 is 1. The minimum Gasteiger partial charge on any atom is -0.506 e. The van der Waals surface area contributed by atoms with E-state index >= 15 is 0 Å². The van der Waals surface area contributed by atoms with E-state index in [1.165, 1.54) is 12.3 Å². The molecule has 6 heteroatoms. The zero-order valence-corrected chi connectivity index (χ0v) is 16.2. The fourth-order valence-electron chi connectivity index (χ4n) is 2.91. The van der Waals surface area contributed by atoms with Crippen LogP contribution in [-0.2, 0) is 6.61 Å². The molecular formula is C22H22O6. The predicted molar refractivity (Wildman–Crippen MR) is 107 cm³/mol. The van der Waals surface area contributed by atoms with E-state index in [1.54, 1.807) is 20.1 Å². The van der Waals surface area contributed by atoms with Gasteiger partial charge in [0.05, 0.1) is 18.8 Å². The maximum absolute atomic E-state index is 12.4. The van der Waals surface area contributed by atoms with Crippen LogP contribution >= 0.6 is 0 Å². The van der Waals surface area contributed by atoms with Gasteiger partial charge in [-0.05, 0) is 30.7 Å². The second kappa shape index (κ2) is 8.08. The van der Waals surface area contributed by atoms with E-state index < -0.39 is 0 Å². The number of rotatable bonds is 4. The predicted octanol–water partition coefficient (Wildman–Crippen LogP) is 5.17. The number of hydrogen-bond donors (Lipinski definition) is 1. The smallest absolute Gasteiger partial charge is 0.206 e. The number of fused-ring (bicyclic) bond motifs is 2. The third-order valence-corrected chi connectivity index (χ3v) is 4.18. The topological polar surface area (TPSA) is 82.0 Å². The van der Waals surface area contributed by atoms with Crippen LogP contribution in [0.4, 0.5) is 0 Å². The molecule has 0 aliphatic rings. The van der Waals surface area contributed by atoms with Crippen molar-refractivity contribution in [3.05, 3.63) is 64.2 Å². The standard InChI is InChI=1S/C20H16O6.C2H6/c1-11-9-15(21)16-17(22)14-7-8-24-18(14)20(19(16)26-11)25-10-12-3-5-13(23-2)6-4-12;1-2/h3-9,22H,10H2,1-2H3;1-2H3. The van der Waals surface area contributed by atoms with Gasteiger partial charge < -0.3 is 23.4 Å². The van der Waals surface area contributed by atoms with E-state index in [9.17, 15) is 9.90 Å². The molecule has 0 bridgehead atoms. The van der Waals surface area contributed by atoms with Gasteiger partial charge in [0.2, 0.25) is 5.75 Å². The van der Waals surface area contributed by atoms with Gasteiger partial charge in [-0.1, -0.05) is 26.0 Å². The molecule has 2 aromatic carbocycles. The highest BCUT2D eigenvalue weighted by Crippen LogP contribution is 2.41. The summed E-state index contributed by atoms with van der Waals surface area (Å²) in [6.45, 7) is 5.90. The Morgan fingerprint density at radius 2 is 1.79 bits per heavy atom. The zero-order chi connectivity index (χ0) is 20.3. The van der Waals surface area contributed by atoms with Gasteiger partial charge in [-0.25, -0.2) is 0 Å². The molecule has 0 radical (unpaired) electrons. The Hall–Kier alpha value is -3.41.